The maximum Gasteiger partial charge on any atom is 0.737 e. The average Bonchev–Trinajstić information content (AvgIpc) is 3.44. The van der Waals surface area contributed by atoms with Gasteiger partial charge in [-0.15, -0.1) is 11.3 Å². The molecule has 0 atom stereocenters. The zero-order chi connectivity index (χ0) is 27.3. The summed E-state index contributed by atoms with van der Waals surface area (Å²) in [6.45, 7) is 3.22. The summed E-state index contributed by atoms with van der Waals surface area (Å²) in [5.74, 6) is -0.264. The third kappa shape index (κ3) is 3.50. The highest BCUT2D eigenvalue weighted by molar-refractivity contribution is 9.11. The summed E-state index contributed by atoms with van der Waals surface area (Å²) in [6.07, 6.45) is 4.89. The molecule has 5 heterocycles. The minimum atomic E-state index is -4.02. The highest BCUT2D eigenvalue weighted by Gasteiger charge is 2.54. The number of pyridine rings is 1. The molecule has 6 rings (SSSR count). The number of nitrogens with zero attached hydrogens (tertiary/aromatic N) is 3. The molecule has 38 heavy (non-hydrogen) atoms. The molecule has 198 valence electrons. The van der Waals surface area contributed by atoms with Crippen molar-refractivity contribution >= 4 is 56.3 Å². The van der Waals surface area contributed by atoms with Crippen LogP contribution < -0.4 is 5.56 Å². The van der Waals surface area contributed by atoms with Gasteiger partial charge in [0.25, 0.3) is 5.56 Å². The van der Waals surface area contributed by atoms with Gasteiger partial charge in [-0.3, -0.25) is 9.20 Å². The zero-order valence-electron chi connectivity index (χ0n) is 21.8. The predicted molar refractivity (Wildman–Crippen MR) is 150 cm³/mol. The van der Waals surface area contributed by atoms with Crippen molar-refractivity contribution in [3.8, 4) is 0 Å². The largest absolute Gasteiger partial charge is 0.737 e. The Labute approximate surface area is 231 Å². The molecular formula is C27H27BBrF2N3O3S. The zero-order valence-corrected chi connectivity index (χ0v) is 24.2. The number of aromatic nitrogens is 2. The quantitative estimate of drug-likeness (QED) is 0.258. The molecule has 6 nitrogen and oxygen atoms in total. The van der Waals surface area contributed by atoms with Crippen LogP contribution in [0.15, 0.2) is 38.1 Å². The molecular weight excluding hydrogens is 575 g/mol. The molecule has 0 radical (unpaired) electrons. The smallest absolute Gasteiger partial charge is 0.464 e. The molecule has 0 N–H and O–H groups in total. The summed E-state index contributed by atoms with van der Waals surface area (Å²) in [7, 11) is 1.30. The van der Waals surface area contributed by atoms with Gasteiger partial charge in [0, 0.05) is 35.9 Å². The van der Waals surface area contributed by atoms with Crippen LogP contribution in [0.5, 0.6) is 0 Å². The van der Waals surface area contributed by atoms with E-state index in [-0.39, 0.29) is 11.3 Å². The van der Waals surface area contributed by atoms with E-state index in [1.807, 2.05) is 26.0 Å². The first-order chi connectivity index (χ1) is 18.0. The van der Waals surface area contributed by atoms with E-state index in [9.17, 15) is 9.59 Å². The molecule has 0 saturated heterocycles. The van der Waals surface area contributed by atoms with Gasteiger partial charge in [0.2, 0.25) is 0 Å². The fourth-order valence-corrected chi connectivity index (χ4v) is 8.31. The summed E-state index contributed by atoms with van der Waals surface area (Å²) in [6, 6.07) is 3.44. The SMILES string of the molecule is COC(=O)c1c(Br)sc2c(C3CC3)c(CCC3=C4C(C)=CC(C)=[N+]4[B-](F)(F)n4c(C)cc(C)c43)cc(=O)n12. The number of aryl methyl sites for hydroxylation is 3. The molecule has 0 amide bonds. The van der Waals surface area contributed by atoms with Crippen molar-refractivity contribution in [1.29, 1.82) is 0 Å². The maximum atomic E-state index is 15.9. The number of allylic oxidation sites excluding steroid dienone is 3. The monoisotopic (exact) mass is 601 g/mol. The number of hydrogen-bond donors (Lipinski definition) is 0. The van der Waals surface area contributed by atoms with E-state index in [2.05, 4.69) is 15.9 Å². The van der Waals surface area contributed by atoms with E-state index < -0.39 is 12.9 Å². The summed E-state index contributed by atoms with van der Waals surface area (Å²) >= 11 is 4.82. The van der Waals surface area contributed by atoms with Gasteiger partial charge in [-0.05, 0) is 96.8 Å². The molecule has 11 heteroatoms. The Morgan fingerprint density at radius 3 is 2.58 bits per heavy atom. The molecule has 1 saturated carbocycles. The minimum absolute atomic E-state index is 0.199. The molecule has 3 aliphatic rings. The fraction of sp³-hybridized carbons (Fsp3) is 0.370. The number of rotatable bonds is 5. The Balaban J connectivity index is 1.51. The first-order valence-corrected chi connectivity index (χ1v) is 14.3. The van der Waals surface area contributed by atoms with Gasteiger partial charge in [0.1, 0.15) is 14.3 Å². The van der Waals surface area contributed by atoms with E-state index in [0.717, 1.165) is 45.5 Å². The van der Waals surface area contributed by atoms with Crippen LogP contribution in [0.2, 0.25) is 0 Å². The Kier molecular flexibility index (Phi) is 5.78. The number of hydrogen-bond acceptors (Lipinski definition) is 4. The summed E-state index contributed by atoms with van der Waals surface area (Å²) in [4.78, 5) is 26.5. The molecule has 0 spiro atoms. The van der Waals surface area contributed by atoms with Crippen LogP contribution in [0.1, 0.15) is 77.6 Å². The molecule has 3 aromatic heterocycles. The van der Waals surface area contributed by atoms with Crippen molar-refractivity contribution in [3.63, 3.8) is 0 Å². The van der Waals surface area contributed by atoms with Crippen LogP contribution >= 0.6 is 27.3 Å². The van der Waals surface area contributed by atoms with Crippen LogP contribution in [0.25, 0.3) is 10.4 Å². The topological polar surface area (TPSA) is 55.7 Å². The third-order valence-electron chi connectivity index (χ3n) is 7.93. The van der Waals surface area contributed by atoms with Crippen molar-refractivity contribution in [1.82, 2.24) is 8.88 Å². The molecule has 3 aromatic rings. The van der Waals surface area contributed by atoms with Gasteiger partial charge in [0.15, 0.2) is 11.4 Å². The number of halogens is 3. The van der Waals surface area contributed by atoms with Gasteiger partial charge in [-0.1, -0.05) is 0 Å². The number of methoxy groups -OCH3 is 1. The number of thiazole rings is 1. The fourth-order valence-electron chi connectivity index (χ4n) is 6.39. The van der Waals surface area contributed by atoms with Crippen molar-refractivity contribution in [2.45, 2.75) is 59.3 Å². The van der Waals surface area contributed by atoms with Gasteiger partial charge in [-0.25, -0.2) is 4.79 Å². The highest BCUT2D eigenvalue weighted by atomic mass is 79.9. The number of ether oxygens (including phenoxy) is 1. The van der Waals surface area contributed by atoms with Gasteiger partial charge < -0.3 is 22.3 Å². The van der Waals surface area contributed by atoms with Crippen LogP contribution in [0.4, 0.5) is 8.63 Å². The van der Waals surface area contributed by atoms with Crippen molar-refractivity contribution in [3.05, 3.63) is 77.4 Å². The van der Waals surface area contributed by atoms with Crippen molar-refractivity contribution in [2.24, 2.45) is 0 Å². The van der Waals surface area contributed by atoms with Crippen molar-refractivity contribution in [2.75, 3.05) is 7.11 Å². The van der Waals surface area contributed by atoms with Crippen LogP contribution in [-0.2, 0) is 11.2 Å². The van der Waals surface area contributed by atoms with Gasteiger partial charge in [0.05, 0.1) is 7.11 Å². The van der Waals surface area contributed by atoms with E-state index in [4.69, 9.17) is 4.74 Å². The Morgan fingerprint density at radius 1 is 1.21 bits per heavy atom. The number of fused-ring (bicyclic) bond motifs is 3. The van der Waals surface area contributed by atoms with E-state index >= 15 is 8.63 Å². The second-order valence-corrected chi connectivity index (χ2v) is 12.8. The minimum Gasteiger partial charge on any atom is -0.464 e. The normalized spacial score (nSPS) is 18.3. The third-order valence-corrected chi connectivity index (χ3v) is 9.76. The molecule has 2 aliphatic heterocycles. The van der Waals surface area contributed by atoms with Crippen LogP contribution in [-0.4, -0.2) is 39.1 Å². The molecule has 0 unspecified atom stereocenters. The average molecular weight is 602 g/mol. The molecule has 1 fully saturated rings. The Hall–Kier alpha value is -2.79. The lowest BCUT2D eigenvalue weighted by molar-refractivity contribution is -0.363. The van der Waals surface area contributed by atoms with Crippen LogP contribution in [0, 0.1) is 13.8 Å². The lowest BCUT2D eigenvalue weighted by Gasteiger charge is -2.34. The maximum absolute atomic E-state index is 15.9. The Bertz CT molecular complexity index is 1740. The number of esters is 1. The van der Waals surface area contributed by atoms with E-state index in [0.29, 0.717) is 45.3 Å². The summed E-state index contributed by atoms with van der Waals surface area (Å²) in [5.41, 5.74) is 6.65. The van der Waals surface area contributed by atoms with Gasteiger partial charge >= 0.3 is 12.9 Å². The second-order valence-electron chi connectivity index (χ2n) is 10.5. The van der Waals surface area contributed by atoms with Gasteiger partial charge in [-0.2, -0.15) is 0 Å². The Morgan fingerprint density at radius 2 is 1.92 bits per heavy atom. The first kappa shape index (κ1) is 25.5. The first-order valence-electron chi connectivity index (χ1n) is 12.7. The highest BCUT2D eigenvalue weighted by Crippen LogP contribution is 2.47. The molecule has 1 aliphatic carbocycles. The molecule has 0 aromatic carbocycles. The van der Waals surface area contributed by atoms with Crippen LogP contribution in [0.3, 0.4) is 0 Å². The summed E-state index contributed by atoms with van der Waals surface area (Å²) < 4.78 is 41.2. The lowest BCUT2D eigenvalue weighted by atomic mass is 9.84. The summed E-state index contributed by atoms with van der Waals surface area (Å²) in [5, 5.41) is 0. The number of carbonyl (C=O) groups excluding carboxylic acids is 1. The standard InChI is InChI=1S/C27H27BBrF2N3O3S/c1-13-10-15(3)33-22(13)19(23-14(2)11-16(4)34(23)28(33,30)31)9-8-18-12-20(35)32-24(27(36)37-5)25(29)38-26(32)21(18)17-6-7-17/h10-12,17H,6-9H2,1-5H3. The lowest BCUT2D eigenvalue weighted by Crippen LogP contribution is -2.51. The predicted octanol–water partition coefficient (Wildman–Crippen LogP) is 6.22. The second kappa shape index (κ2) is 8.61. The van der Waals surface area contributed by atoms with E-state index in [1.54, 1.807) is 19.9 Å². The number of carbonyl (C=O) groups is 1. The molecule has 0 bridgehead atoms. The van der Waals surface area contributed by atoms with E-state index in [1.165, 1.54) is 31.8 Å². The van der Waals surface area contributed by atoms with Crippen molar-refractivity contribution < 1.29 is 22.6 Å².